The highest BCUT2D eigenvalue weighted by Crippen LogP contribution is 2.41. The molecule has 3 aromatic rings. The van der Waals surface area contributed by atoms with Crippen molar-refractivity contribution in [1.29, 1.82) is 0 Å². The molecular formula is C22H17ClO5. The molecule has 1 N–H and O–H groups in total. The van der Waals surface area contributed by atoms with Crippen molar-refractivity contribution in [3.8, 4) is 17.2 Å². The number of hydrogen-bond donors (Lipinski definition) is 1. The minimum atomic E-state index is -1.19. The number of carbonyl (C=O) groups is 1. The van der Waals surface area contributed by atoms with Crippen molar-refractivity contribution in [2.24, 2.45) is 0 Å². The highest BCUT2D eigenvalue weighted by Gasteiger charge is 2.39. The molecule has 6 heteroatoms. The monoisotopic (exact) mass is 396 g/mol. The van der Waals surface area contributed by atoms with Gasteiger partial charge in [0.2, 0.25) is 6.10 Å². The molecule has 0 radical (unpaired) electrons. The SMILES string of the molecule is O=C(O)C1Oc2ccccc2OC1c1ccccc1OCc1cccc(Cl)c1. The summed E-state index contributed by atoms with van der Waals surface area (Å²) in [4.78, 5) is 11.8. The van der Waals surface area contributed by atoms with Gasteiger partial charge < -0.3 is 19.3 Å². The fourth-order valence-corrected chi connectivity index (χ4v) is 3.30. The molecule has 0 saturated carbocycles. The molecule has 0 saturated heterocycles. The van der Waals surface area contributed by atoms with Gasteiger partial charge in [0, 0.05) is 10.6 Å². The van der Waals surface area contributed by atoms with Gasteiger partial charge in [-0.05, 0) is 35.9 Å². The van der Waals surface area contributed by atoms with Gasteiger partial charge in [0.1, 0.15) is 12.4 Å². The Bertz CT molecular complexity index is 1000. The van der Waals surface area contributed by atoms with Crippen LogP contribution in [0.1, 0.15) is 17.2 Å². The summed E-state index contributed by atoms with van der Waals surface area (Å²) >= 11 is 6.02. The Balaban J connectivity index is 1.63. The van der Waals surface area contributed by atoms with Crippen LogP contribution in [0.4, 0.5) is 0 Å². The van der Waals surface area contributed by atoms with Crippen LogP contribution >= 0.6 is 11.6 Å². The molecule has 0 amide bonds. The molecule has 5 nitrogen and oxygen atoms in total. The highest BCUT2D eigenvalue weighted by molar-refractivity contribution is 6.30. The van der Waals surface area contributed by atoms with Gasteiger partial charge in [-0.1, -0.05) is 54.1 Å². The standard InChI is InChI=1S/C22H17ClO5/c23-15-7-5-6-14(12-15)13-26-17-9-2-1-8-16(17)20-21(22(24)25)28-19-11-4-3-10-18(19)27-20/h1-12,20-21H,13H2,(H,24,25). The van der Waals surface area contributed by atoms with E-state index in [1.54, 1.807) is 36.4 Å². The van der Waals surface area contributed by atoms with E-state index in [0.29, 0.717) is 34.4 Å². The average Bonchev–Trinajstić information content (AvgIpc) is 2.71. The first-order chi connectivity index (χ1) is 13.6. The molecule has 142 valence electrons. The third-order valence-electron chi connectivity index (χ3n) is 4.38. The Hall–Kier alpha value is -3.18. The first-order valence-electron chi connectivity index (χ1n) is 8.73. The van der Waals surface area contributed by atoms with Crippen molar-refractivity contribution in [3.63, 3.8) is 0 Å². The molecular weight excluding hydrogens is 380 g/mol. The van der Waals surface area contributed by atoms with Crippen LogP contribution in [0, 0.1) is 0 Å². The minimum absolute atomic E-state index is 0.291. The van der Waals surface area contributed by atoms with Crippen LogP contribution in [-0.4, -0.2) is 17.2 Å². The lowest BCUT2D eigenvalue weighted by Crippen LogP contribution is -2.39. The summed E-state index contributed by atoms with van der Waals surface area (Å²) in [5, 5.41) is 10.3. The van der Waals surface area contributed by atoms with Gasteiger partial charge >= 0.3 is 5.97 Å². The van der Waals surface area contributed by atoms with Gasteiger partial charge in [-0.2, -0.15) is 0 Å². The summed E-state index contributed by atoms with van der Waals surface area (Å²) in [5.41, 5.74) is 1.51. The van der Waals surface area contributed by atoms with E-state index in [1.165, 1.54) is 0 Å². The molecule has 0 aromatic heterocycles. The van der Waals surface area contributed by atoms with Crippen LogP contribution in [0.2, 0.25) is 5.02 Å². The van der Waals surface area contributed by atoms with Gasteiger partial charge in [0.05, 0.1) is 0 Å². The fraction of sp³-hybridized carbons (Fsp3) is 0.136. The third-order valence-corrected chi connectivity index (χ3v) is 4.62. The lowest BCUT2D eigenvalue weighted by atomic mass is 10.0. The molecule has 0 bridgehead atoms. The molecule has 4 rings (SSSR count). The summed E-state index contributed by atoms with van der Waals surface area (Å²) in [5.74, 6) is 0.323. The molecule has 0 fully saturated rings. The smallest absolute Gasteiger partial charge is 0.349 e. The van der Waals surface area contributed by atoms with Crippen LogP contribution in [0.3, 0.4) is 0 Å². The van der Waals surface area contributed by atoms with E-state index >= 15 is 0 Å². The van der Waals surface area contributed by atoms with Crippen LogP contribution in [0.15, 0.2) is 72.8 Å². The van der Waals surface area contributed by atoms with Gasteiger partial charge in [0.15, 0.2) is 17.6 Å². The molecule has 1 heterocycles. The molecule has 1 aliphatic heterocycles. The molecule has 28 heavy (non-hydrogen) atoms. The third kappa shape index (κ3) is 3.75. The van der Waals surface area contributed by atoms with E-state index in [0.717, 1.165) is 5.56 Å². The maximum absolute atomic E-state index is 11.8. The highest BCUT2D eigenvalue weighted by atomic mass is 35.5. The van der Waals surface area contributed by atoms with Crippen molar-refractivity contribution < 1.29 is 24.1 Å². The number of aliphatic carboxylic acids is 1. The quantitative estimate of drug-likeness (QED) is 0.665. The molecule has 1 aliphatic rings. The fourth-order valence-electron chi connectivity index (χ4n) is 3.08. The summed E-state index contributed by atoms with van der Waals surface area (Å²) in [6.07, 6.45) is -2.03. The molecule has 0 spiro atoms. The zero-order valence-electron chi connectivity index (χ0n) is 14.7. The summed E-state index contributed by atoms with van der Waals surface area (Å²) in [7, 11) is 0. The Morgan fingerprint density at radius 3 is 2.43 bits per heavy atom. The topological polar surface area (TPSA) is 65.0 Å². The van der Waals surface area contributed by atoms with Crippen LogP contribution in [-0.2, 0) is 11.4 Å². The second-order valence-corrected chi connectivity index (χ2v) is 6.75. The van der Waals surface area contributed by atoms with Gasteiger partial charge in [-0.3, -0.25) is 0 Å². The van der Waals surface area contributed by atoms with E-state index in [1.807, 2.05) is 36.4 Å². The second-order valence-electron chi connectivity index (χ2n) is 6.32. The largest absolute Gasteiger partial charge is 0.488 e. The first-order valence-corrected chi connectivity index (χ1v) is 9.11. The van der Waals surface area contributed by atoms with Crippen LogP contribution < -0.4 is 14.2 Å². The summed E-state index contributed by atoms with van der Waals surface area (Å²) < 4.78 is 17.7. The van der Waals surface area contributed by atoms with E-state index in [9.17, 15) is 9.90 Å². The summed E-state index contributed by atoms with van der Waals surface area (Å²) in [6.45, 7) is 0.291. The second kappa shape index (κ2) is 7.82. The van der Waals surface area contributed by atoms with Crippen molar-refractivity contribution in [1.82, 2.24) is 0 Å². The Morgan fingerprint density at radius 1 is 0.964 bits per heavy atom. The number of benzene rings is 3. The average molecular weight is 397 g/mol. The van der Waals surface area contributed by atoms with Crippen molar-refractivity contribution in [2.45, 2.75) is 18.8 Å². The number of carboxylic acid groups (broad SMARTS) is 1. The predicted octanol–water partition coefficient (Wildman–Crippen LogP) is 4.88. The zero-order chi connectivity index (χ0) is 19.5. The van der Waals surface area contributed by atoms with Crippen LogP contribution in [0.25, 0.3) is 0 Å². The number of para-hydroxylation sites is 3. The number of carboxylic acids is 1. The maximum atomic E-state index is 11.8. The lowest BCUT2D eigenvalue weighted by molar-refractivity contribution is -0.151. The number of fused-ring (bicyclic) bond motifs is 1. The lowest BCUT2D eigenvalue weighted by Gasteiger charge is -2.32. The van der Waals surface area contributed by atoms with Crippen molar-refractivity contribution in [2.75, 3.05) is 0 Å². The summed E-state index contributed by atoms with van der Waals surface area (Å²) in [6, 6.07) is 21.6. The van der Waals surface area contributed by atoms with Crippen molar-refractivity contribution >= 4 is 17.6 Å². The van der Waals surface area contributed by atoms with E-state index < -0.39 is 18.2 Å². The van der Waals surface area contributed by atoms with Gasteiger partial charge in [-0.25, -0.2) is 4.79 Å². The Kier molecular flexibility index (Phi) is 5.08. The van der Waals surface area contributed by atoms with Gasteiger partial charge in [0.25, 0.3) is 0 Å². The normalized spacial score (nSPS) is 17.8. The number of hydrogen-bond acceptors (Lipinski definition) is 4. The predicted molar refractivity (Wildman–Crippen MR) is 104 cm³/mol. The zero-order valence-corrected chi connectivity index (χ0v) is 15.5. The molecule has 2 atom stereocenters. The van der Waals surface area contributed by atoms with Crippen LogP contribution in [0.5, 0.6) is 17.2 Å². The maximum Gasteiger partial charge on any atom is 0.349 e. The molecule has 3 aromatic carbocycles. The van der Waals surface area contributed by atoms with Gasteiger partial charge in [-0.15, -0.1) is 0 Å². The first kappa shape index (κ1) is 18.2. The van der Waals surface area contributed by atoms with E-state index in [2.05, 4.69) is 0 Å². The molecule has 2 unspecified atom stereocenters. The Labute approximate surface area is 167 Å². The molecule has 0 aliphatic carbocycles. The Morgan fingerprint density at radius 2 is 1.68 bits per heavy atom. The number of halogens is 1. The van der Waals surface area contributed by atoms with Crippen molar-refractivity contribution in [3.05, 3.63) is 88.9 Å². The number of rotatable bonds is 5. The number of ether oxygens (including phenoxy) is 3. The van der Waals surface area contributed by atoms with E-state index in [-0.39, 0.29) is 0 Å². The minimum Gasteiger partial charge on any atom is -0.488 e. The van der Waals surface area contributed by atoms with E-state index in [4.69, 9.17) is 25.8 Å².